The number of carbonyl (C=O) groups excluding carboxylic acids is 1. The Balaban J connectivity index is 2.69. The number of carbonyl (C=O) groups is 1. The van der Waals surface area contributed by atoms with Gasteiger partial charge in [0.2, 0.25) is 6.20 Å². The minimum absolute atomic E-state index is 0.357. The van der Waals surface area contributed by atoms with Crippen LogP contribution in [0.25, 0.3) is 0 Å². The third-order valence-corrected chi connectivity index (χ3v) is 1.88. The molecule has 0 spiro atoms. The van der Waals surface area contributed by atoms with Crippen molar-refractivity contribution in [3.63, 3.8) is 0 Å². The van der Waals surface area contributed by atoms with E-state index in [0.717, 1.165) is 13.0 Å². The maximum absolute atomic E-state index is 11.3. The second-order valence-electron chi connectivity index (χ2n) is 3.54. The summed E-state index contributed by atoms with van der Waals surface area (Å²) in [5, 5.41) is 0. The molecule has 1 aromatic heterocycles. The molecule has 0 bridgehead atoms. The molecular formula is C11H17N2O2+. The van der Waals surface area contributed by atoms with E-state index in [4.69, 9.17) is 4.74 Å². The van der Waals surface area contributed by atoms with Gasteiger partial charge in [0.25, 0.3) is 0 Å². The molecule has 0 aliphatic rings. The number of aromatic nitrogens is 1. The van der Waals surface area contributed by atoms with Crippen molar-refractivity contribution in [3.8, 4) is 5.75 Å². The van der Waals surface area contributed by atoms with Crippen molar-refractivity contribution in [3.05, 3.63) is 24.5 Å². The molecule has 15 heavy (non-hydrogen) atoms. The molecule has 0 atom stereocenters. The molecule has 0 saturated heterocycles. The van der Waals surface area contributed by atoms with Gasteiger partial charge in [-0.25, -0.2) is 9.36 Å². The maximum Gasteiger partial charge on any atom is 0.414 e. The second-order valence-corrected chi connectivity index (χ2v) is 3.54. The average molecular weight is 209 g/mol. The van der Waals surface area contributed by atoms with Crippen LogP contribution in [0.4, 0.5) is 4.79 Å². The van der Waals surface area contributed by atoms with E-state index in [-0.39, 0.29) is 6.09 Å². The van der Waals surface area contributed by atoms with Crippen molar-refractivity contribution in [2.24, 2.45) is 0 Å². The van der Waals surface area contributed by atoms with Gasteiger partial charge in [-0.15, -0.1) is 0 Å². The monoisotopic (exact) mass is 209 g/mol. The van der Waals surface area contributed by atoms with Gasteiger partial charge in [0, 0.05) is 26.6 Å². The Kier molecular flexibility index (Phi) is 4.09. The van der Waals surface area contributed by atoms with Crippen molar-refractivity contribution in [2.45, 2.75) is 19.9 Å². The lowest BCUT2D eigenvalue weighted by Gasteiger charge is -2.09. The van der Waals surface area contributed by atoms with E-state index in [9.17, 15) is 4.79 Å². The lowest BCUT2D eigenvalue weighted by atomic mass is 10.4. The van der Waals surface area contributed by atoms with Gasteiger partial charge >= 0.3 is 6.09 Å². The smallest absolute Gasteiger partial charge is 0.404 e. The topological polar surface area (TPSA) is 33.4 Å². The van der Waals surface area contributed by atoms with Crippen molar-refractivity contribution in [2.75, 3.05) is 14.1 Å². The molecular weight excluding hydrogens is 192 g/mol. The highest BCUT2D eigenvalue weighted by atomic mass is 16.6. The molecule has 4 nitrogen and oxygen atoms in total. The summed E-state index contributed by atoms with van der Waals surface area (Å²) in [6, 6.07) is 3.64. The molecule has 0 saturated carbocycles. The Labute approximate surface area is 90.1 Å². The first-order valence-electron chi connectivity index (χ1n) is 5.01. The molecule has 4 heteroatoms. The Morgan fingerprint density at radius 3 is 2.87 bits per heavy atom. The Hall–Kier alpha value is -1.58. The Morgan fingerprint density at radius 1 is 1.53 bits per heavy atom. The van der Waals surface area contributed by atoms with Crippen molar-refractivity contribution < 1.29 is 14.1 Å². The highest BCUT2D eigenvalue weighted by Gasteiger charge is 2.09. The van der Waals surface area contributed by atoms with E-state index in [1.54, 1.807) is 20.2 Å². The van der Waals surface area contributed by atoms with Crippen molar-refractivity contribution in [1.29, 1.82) is 0 Å². The first kappa shape index (κ1) is 11.5. The van der Waals surface area contributed by atoms with E-state index in [1.807, 2.05) is 23.0 Å². The zero-order valence-electron chi connectivity index (χ0n) is 9.43. The number of rotatable bonds is 3. The van der Waals surface area contributed by atoms with Crippen LogP contribution in [0, 0.1) is 0 Å². The molecule has 0 radical (unpaired) electrons. The minimum Gasteiger partial charge on any atom is -0.404 e. The highest BCUT2D eigenvalue weighted by Crippen LogP contribution is 2.06. The molecule has 1 amide bonds. The Morgan fingerprint density at radius 2 is 2.27 bits per heavy atom. The highest BCUT2D eigenvalue weighted by molar-refractivity contribution is 5.69. The summed E-state index contributed by atoms with van der Waals surface area (Å²) in [6.45, 7) is 3.03. The molecule has 1 aromatic rings. The molecule has 0 aromatic carbocycles. The number of hydrogen-bond donors (Lipinski definition) is 0. The van der Waals surface area contributed by atoms with Crippen LogP contribution in [-0.4, -0.2) is 25.1 Å². The summed E-state index contributed by atoms with van der Waals surface area (Å²) in [7, 11) is 3.32. The number of pyridine rings is 1. The van der Waals surface area contributed by atoms with Gasteiger partial charge in [0.15, 0.2) is 11.9 Å². The number of amides is 1. The van der Waals surface area contributed by atoms with E-state index in [1.165, 1.54) is 4.90 Å². The SMILES string of the molecule is CCC[n+]1cccc(OC(=O)N(C)C)c1. The fraction of sp³-hybridized carbons (Fsp3) is 0.455. The van der Waals surface area contributed by atoms with Gasteiger partial charge in [-0.3, -0.25) is 0 Å². The predicted octanol–water partition coefficient (Wildman–Crippen LogP) is 1.44. The Bertz CT molecular complexity index is 337. The summed E-state index contributed by atoms with van der Waals surface area (Å²) in [5.74, 6) is 0.574. The molecule has 0 aliphatic heterocycles. The molecule has 1 heterocycles. The largest absolute Gasteiger partial charge is 0.414 e. The van der Waals surface area contributed by atoms with Gasteiger partial charge in [-0.2, -0.15) is 0 Å². The van der Waals surface area contributed by atoms with Crippen molar-refractivity contribution in [1.82, 2.24) is 4.90 Å². The quantitative estimate of drug-likeness (QED) is 0.706. The van der Waals surface area contributed by atoms with Crippen LogP contribution in [0.2, 0.25) is 0 Å². The molecule has 0 N–H and O–H groups in total. The standard InChI is InChI=1S/C11H17N2O2/c1-4-7-13-8-5-6-10(9-13)15-11(14)12(2)3/h5-6,8-9H,4,7H2,1-3H3/q+1. The lowest BCUT2D eigenvalue weighted by molar-refractivity contribution is -0.697. The molecule has 82 valence electrons. The van der Waals surface area contributed by atoms with Gasteiger partial charge in [-0.1, -0.05) is 6.92 Å². The maximum atomic E-state index is 11.3. The summed E-state index contributed by atoms with van der Waals surface area (Å²) < 4.78 is 7.13. The van der Waals surface area contributed by atoms with E-state index in [0.29, 0.717) is 5.75 Å². The number of ether oxygens (including phenoxy) is 1. The van der Waals surface area contributed by atoms with Crippen LogP contribution < -0.4 is 9.30 Å². The van der Waals surface area contributed by atoms with E-state index >= 15 is 0 Å². The van der Waals surface area contributed by atoms with Crippen LogP contribution in [0.15, 0.2) is 24.5 Å². The van der Waals surface area contributed by atoms with E-state index in [2.05, 4.69) is 6.92 Å². The molecule has 0 fully saturated rings. The third kappa shape index (κ3) is 3.58. The summed E-state index contributed by atoms with van der Waals surface area (Å²) >= 11 is 0. The van der Waals surface area contributed by atoms with Gasteiger partial charge in [-0.05, 0) is 6.07 Å². The number of nitrogens with zero attached hydrogens (tertiary/aromatic N) is 2. The average Bonchev–Trinajstić information content (AvgIpc) is 2.18. The fourth-order valence-electron chi connectivity index (χ4n) is 1.15. The van der Waals surface area contributed by atoms with Gasteiger partial charge in [0.05, 0.1) is 0 Å². The normalized spacial score (nSPS) is 9.80. The summed E-state index contributed by atoms with van der Waals surface area (Å²) in [5.41, 5.74) is 0. The molecule has 0 unspecified atom stereocenters. The first-order chi connectivity index (χ1) is 7.13. The van der Waals surface area contributed by atoms with Gasteiger partial charge < -0.3 is 9.64 Å². The zero-order valence-corrected chi connectivity index (χ0v) is 9.43. The number of aryl methyl sites for hydroxylation is 1. The van der Waals surface area contributed by atoms with Crippen molar-refractivity contribution >= 4 is 6.09 Å². The molecule has 0 aliphatic carbocycles. The zero-order chi connectivity index (χ0) is 11.3. The third-order valence-electron chi connectivity index (χ3n) is 1.88. The number of hydrogen-bond acceptors (Lipinski definition) is 2. The van der Waals surface area contributed by atoms with Crippen LogP contribution >= 0.6 is 0 Å². The van der Waals surface area contributed by atoms with Gasteiger partial charge in [0.1, 0.15) is 6.54 Å². The van der Waals surface area contributed by atoms with Crippen LogP contribution in [0.1, 0.15) is 13.3 Å². The fourth-order valence-corrected chi connectivity index (χ4v) is 1.15. The molecule has 1 rings (SSSR count). The first-order valence-corrected chi connectivity index (χ1v) is 5.01. The van der Waals surface area contributed by atoms with Crippen LogP contribution in [0.3, 0.4) is 0 Å². The second kappa shape index (κ2) is 5.34. The van der Waals surface area contributed by atoms with Crippen LogP contribution in [-0.2, 0) is 6.54 Å². The lowest BCUT2D eigenvalue weighted by Crippen LogP contribution is -2.33. The summed E-state index contributed by atoms with van der Waals surface area (Å²) in [6.07, 6.45) is 4.47. The minimum atomic E-state index is -0.357. The summed E-state index contributed by atoms with van der Waals surface area (Å²) in [4.78, 5) is 12.7. The van der Waals surface area contributed by atoms with E-state index < -0.39 is 0 Å². The van der Waals surface area contributed by atoms with Crippen LogP contribution in [0.5, 0.6) is 5.75 Å². The predicted molar refractivity (Wildman–Crippen MR) is 56.6 cm³/mol.